The lowest BCUT2D eigenvalue weighted by Gasteiger charge is -2.00. The van der Waals surface area contributed by atoms with Gasteiger partial charge in [0.05, 0.1) is 0 Å². The maximum atomic E-state index is 5.85. The summed E-state index contributed by atoms with van der Waals surface area (Å²) in [6.07, 6.45) is 3.06. The predicted octanol–water partition coefficient (Wildman–Crippen LogP) is 5.32. The average Bonchev–Trinajstić information content (AvgIpc) is 2.39. The summed E-state index contributed by atoms with van der Waals surface area (Å²) in [5.74, 6) is 0. The molecule has 0 aliphatic heterocycles. The summed E-state index contributed by atoms with van der Waals surface area (Å²) >= 11 is 9.44. The van der Waals surface area contributed by atoms with Gasteiger partial charge in [-0.05, 0) is 29.7 Å². The third-order valence-electron chi connectivity index (χ3n) is 2.48. The van der Waals surface area contributed by atoms with Gasteiger partial charge in [0.15, 0.2) is 0 Å². The summed E-state index contributed by atoms with van der Waals surface area (Å²) in [6.45, 7) is 0. The van der Waals surface area contributed by atoms with Crippen molar-refractivity contribution >= 4 is 32.0 Å². The van der Waals surface area contributed by atoms with Gasteiger partial charge in [-0.1, -0.05) is 76.1 Å². The van der Waals surface area contributed by atoms with Crippen LogP contribution in [0.2, 0.25) is 5.02 Å². The Morgan fingerprint density at radius 3 is 2.29 bits per heavy atom. The Morgan fingerprint density at radius 2 is 1.65 bits per heavy atom. The van der Waals surface area contributed by atoms with Gasteiger partial charge >= 0.3 is 0 Å². The van der Waals surface area contributed by atoms with Crippen molar-refractivity contribution in [2.75, 3.05) is 0 Å². The fourth-order valence-corrected chi connectivity index (χ4v) is 2.10. The topological polar surface area (TPSA) is 0 Å². The third-order valence-corrected chi connectivity index (χ3v) is 3.51. The Hall–Kier alpha value is -1.05. The largest absolute Gasteiger partial charge is 0.0843 e. The highest BCUT2D eigenvalue weighted by Crippen LogP contribution is 2.21. The lowest BCUT2D eigenvalue weighted by Crippen LogP contribution is -1.82. The van der Waals surface area contributed by atoms with Crippen molar-refractivity contribution in [3.8, 4) is 0 Å². The van der Waals surface area contributed by atoms with Crippen molar-refractivity contribution in [1.29, 1.82) is 0 Å². The molecule has 2 rings (SSSR count). The first kappa shape index (κ1) is 12.4. The molecule has 2 aromatic carbocycles. The molecule has 0 spiro atoms. The van der Waals surface area contributed by atoms with E-state index in [-0.39, 0.29) is 0 Å². The highest BCUT2D eigenvalue weighted by molar-refractivity contribution is 9.15. The molecule has 0 amide bonds. The molecule has 0 fully saturated rings. The molecule has 0 aromatic heterocycles. The van der Waals surface area contributed by atoms with Gasteiger partial charge in [-0.15, -0.1) is 0 Å². The average molecular weight is 308 g/mol. The van der Waals surface area contributed by atoms with Gasteiger partial charge in [-0.25, -0.2) is 0 Å². The molecule has 0 saturated carbocycles. The highest BCUT2D eigenvalue weighted by atomic mass is 79.9. The van der Waals surface area contributed by atoms with E-state index in [1.165, 1.54) is 11.1 Å². The fourth-order valence-electron chi connectivity index (χ4n) is 1.54. The summed E-state index contributed by atoms with van der Waals surface area (Å²) in [7, 11) is 0. The summed E-state index contributed by atoms with van der Waals surface area (Å²) < 4.78 is 1.12. The minimum atomic E-state index is 0.778. The molecular formula is C15H12BrCl. The molecule has 0 aliphatic carbocycles. The molecule has 2 heteroatoms. The Bertz CT molecular complexity index is 500. The van der Waals surface area contributed by atoms with Crippen molar-refractivity contribution in [3.05, 3.63) is 76.8 Å². The fraction of sp³-hybridized carbons (Fsp3) is 0.0667. The predicted molar refractivity (Wildman–Crippen MR) is 78.5 cm³/mol. The maximum Gasteiger partial charge on any atom is 0.0406 e. The minimum Gasteiger partial charge on any atom is -0.0843 e. The number of halogens is 2. The second kappa shape index (κ2) is 6.04. The molecule has 17 heavy (non-hydrogen) atoms. The SMILES string of the molecule is Clc1ccc(C/C=C(/Br)c2ccccc2)cc1. The van der Waals surface area contributed by atoms with Crippen molar-refractivity contribution in [2.45, 2.75) is 6.42 Å². The number of allylic oxidation sites excluding steroid dienone is 1. The maximum absolute atomic E-state index is 5.85. The van der Waals surface area contributed by atoms with Crippen molar-refractivity contribution < 1.29 is 0 Å². The summed E-state index contributed by atoms with van der Waals surface area (Å²) in [4.78, 5) is 0. The zero-order valence-corrected chi connectivity index (χ0v) is 11.6. The van der Waals surface area contributed by atoms with E-state index in [0.29, 0.717) is 0 Å². The lowest BCUT2D eigenvalue weighted by atomic mass is 10.1. The molecule has 0 heterocycles. The van der Waals surface area contributed by atoms with Crippen LogP contribution in [0, 0.1) is 0 Å². The zero-order chi connectivity index (χ0) is 12.1. The van der Waals surface area contributed by atoms with Crippen LogP contribution in [0.3, 0.4) is 0 Å². The molecule has 0 saturated heterocycles. The van der Waals surface area contributed by atoms with E-state index in [1.54, 1.807) is 0 Å². The summed E-state index contributed by atoms with van der Waals surface area (Å²) in [5, 5.41) is 0.778. The molecule has 0 aliphatic rings. The molecule has 0 atom stereocenters. The molecule has 0 bridgehead atoms. The van der Waals surface area contributed by atoms with Gasteiger partial charge in [-0.2, -0.15) is 0 Å². The molecule has 0 radical (unpaired) electrons. The molecule has 2 aromatic rings. The third kappa shape index (κ3) is 3.72. The molecule has 0 N–H and O–H groups in total. The zero-order valence-electron chi connectivity index (χ0n) is 9.24. The van der Waals surface area contributed by atoms with E-state index in [9.17, 15) is 0 Å². The Labute approximate surface area is 115 Å². The minimum absolute atomic E-state index is 0.778. The molecule has 0 nitrogen and oxygen atoms in total. The number of hydrogen-bond acceptors (Lipinski definition) is 0. The normalized spacial score (nSPS) is 11.5. The van der Waals surface area contributed by atoms with E-state index in [4.69, 9.17) is 11.6 Å². The second-order valence-corrected chi connectivity index (χ2v) is 5.04. The standard InChI is InChI=1S/C15H12BrCl/c16-15(13-4-2-1-3-5-13)11-8-12-6-9-14(17)10-7-12/h1-7,9-11H,8H2/b15-11+. The smallest absolute Gasteiger partial charge is 0.0406 e. The number of rotatable bonds is 3. The molecule has 0 unspecified atom stereocenters. The van der Waals surface area contributed by atoms with E-state index >= 15 is 0 Å². The van der Waals surface area contributed by atoms with Crippen LogP contribution in [0.25, 0.3) is 4.48 Å². The van der Waals surface area contributed by atoms with Crippen LogP contribution in [0.1, 0.15) is 11.1 Å². The summed E-state index contributed by atoms with van der Waals surface area (Å²) in [5.41, 5.74) is 2.45. The first-order valence-electron chi connectivity index (χ1n) is 5.41. The highest BCUT2D eigenvalue weighted by Gasteiger charge is 1.96. The van der Waals surface area contributed by atoms with Crippen LogP contribution in [0.5, 0.6) is 0 Å². The monoisotopic (exact) mass is 306 g/mol. The van der Waals surface area contributed by atoms with Gasteiger partial charge in [-0.3, -0.25) is 0 Å². The van der Waals surface area contributed by atoms with Gasteiger partial charge in [0.1, 0.15) is 0 Å². The molecular weight excluding hydrogens is 296 g/mol. The van der Waals surface area contributed by atoms with Crippen molar-refractivity contribution in [3.63, 3.8) is 0 Å². The van der Waals surface area contributed by atoms with Crippen LogP contribution in [-0.2, 0) is 6.42 Å². The Kier molecular flexibility index (Phi) is 4.41. The summed E-state index contributed by atoms with van der Waals surface area (Å²) in [6, 6.07) is 18.2. The molecule has 86 valence electrons. The van der Waals surface area contributed by atoms with Crippen molar-refractivity contribution in [1.82, 2.24) is 0 Å². The van der Waals surface area contributed by atoms with Crippen LogP contribution < -0.4 is 0 Å². The van der Waals surface area contributed by atoms with Crippen LogP contribution in [-0.4, -0.2) is 0 Å². The van der Waals surface area contributed by atoms with Crippen molar-refractivity contribution in [2.24, 2.45) is 0 Å². The van der Waals surface area contributed by atoms with E-state index in [2.05, 4.69) is 34.1 Å². The second-order valence-electron chi connectivity index (χ2n) is 3.75. The number of hydrogen-bond donors (Lipinski definition) is 0. The van der Waals surface area contributed by atoms with Gasteiger partial charge in [0.25, 0.3) is 0 Å². The first-order valence-corrected chi connectivity index (χ1v) is 6.58. The van der Waals surface area contributed by atoms with E-state index in [1.807, 2.05) is 42.5 Å². The van der Waals surface area contributed by atoms with Crippen LogP contribution in [0.4, 0.5) is 0 Å². The van der Waals surface area contributed by atoms with E-state index in [0.717, 1.165) is 15.9 Å². The number of benzene rings is 2. The van der Waals surface area contributed by atoms with Gasteiger partial charge in [0.2, 0.25) is 0 Å². The van der Waals surface area contributed by atoms with Crippen LogP contribution in [0.15, 0.2) is 60.7 Å². The van der Waals surface area contributed by atoms with Gasteiger partial charge < -0.3 is 0 Å². The van der Waals surface area contributed by atoms with Crippen LogP contribution >= 0.6 is 27.5 Å². The first-order chi connectivity index (χ1) is 8.25. The lowest BCUT2D eigenvalue weighted by molar-refractivity contribution is 1.28. The Morgan fingerprint density at radius 1 is 1.00 bits per heavy atom. The van der Waals surface area contributed by atoms with E-state index < -0.39 is 0 Å². The quantitative estimate of drug-likeness (QED) is 0.720. The Balaban J connectivity index is 2.08. The van der Waals surface area contributed by atoms with Gasteiger partial charge in [0, 0.05) is 9.51 Å².